The van der Waals surface area contributed by atoms with Crippen LogP contribution in [0.25, 0.3) is 0 Å². The Morgan fingerprint density at radius 3 is 1.18 bits per heavy atom. The Balaban J connectivity index is 0.883. The molecule has 11 aliphatic rings. The number of amides is 4. The maximum atomic E-state index is 13.2. The summed E-state index contributed by atoms with van der Waals surface area (Å²) < 4.78 is 124. The molecule has 0 saturated carbocycles. The highest BCUT2D eigenvalue weighted by Crippen LogP contribution is 2.44. The van der Waals surface area contributed by atoms with Crippen LogP contribution in [-0.4, -0.2) is 524 Å². The minimum atomic E-state index is -2.66. The van der Waals surface area contributed by atoms with Crippen molar-refractivity contribution in [1.29, 1.82) is 0 Å². The van der Waals surface area contributed by atoms with Crippen LogP contribution in [0, 0.1) is 5.92 Å². The van der Waals surface area contributed by atoms with Gasteiger partial charge in [0.25, 0.3) is 6.47 Å². The smallest absolute Gasteiger partial charge is 0.332 e. The van der Waals surface area contributed by atoms with Crippen LogP contribution in [0.2, 0.25) is 0 Å². The van der Waals surface area contributed by atoms with Crippen molar-refractivity contribution in [2.75, 3.05) is 59.5 Å². The van der Waals surface area contributed by atoms with Crippen LogP contribution in [-0.2, 0) is 123 Å². The highest BCUT2D eigenvalue weighted by Gasteiger charge is 2.64. The molecular formula is C72H118N4O51. The van der Waals surface area contributed by atoms with E-state index in [4.69, 9.17) is 99.5 Å². The number of epoxide rings is 1. The normalized spacial score (nSPS) is 48.9. The molecule has 0 aromatic heterocycles. The van der Waals surface area contributed by atoms with E-state index in [9.17, 15) is 152 Å². The summed E-state index contributed by atoms with van der Waals surface area (Å²) in [4.78, 5) is 63.4. The van der Waals surface area contributed by atoms with Crippen LogP contribution >= 0.6 is 0 Å². The predicted molar refractivity (Wildman–Crippen MR) is 391 cm³/mol. The third-order valence-electron chi connectivity index (χ3n) is 23.8. The molecule has 0 spiro atoms. The summed E-state index contributed by atoms with van der Waals surface area (Å²) >= 11 is 0. The molecule has 732 valence electrons. The molecule has 29 N–H and O–H groups in total. The van der Waals surface area contributed by atoms with Gasteiger partial charge in [0.15, 0.2) is 56.6 Å². The maximum Gasteiger partial charge on any atom is 0.332 e. The zero-order valence-electron chi connectivity index (χ0n) is 68.8. The molecule has 0 aromatic rings. The van der Waals surface area contributed by atoms with Crippen LogP contribution in [0.1, 0.15) is 48.0 Å². The van der Waals surface area contributed by atoms with Gasteiger partial charge in [-0.3, -0.25) is 24.0 Å². The lowest BCUT2D eigenvalue weighted by atomic mass is 9.87. The molecule has 0 aromatic carbocycles. The van der Waals surface area contributed by atoms with Gasteiger partial charge in [0.1, 0.15) is 220 Å². The van der Waals surface area contributed by atoms with Gasteiger partial charge in [0.05, 0.1) is 90.2 Å². The van der Waals surface area contributed by atoms with Gasteiger partial charge in [0, 0.05) is 33.6 Å². The zero-order valence-corrected chi connectivity index (χ0v) is 68.8. The summed E-state index contributed by atoms with van der Waals surface area (Å²) in [5.41, 5.74) is 0. The largest absolute Gasteiger partial charge is 0.410 e. The number of ether oxygens (including phenoxy) is 21. The van der Waals surface area contributed by atoms with E-state index in [2.05, 4.69) is 21.3 Å². The number of nitrogens with one attached hydrogen (secondary N) is 4. The van der Waals surface area contributed by atoms with Crippen molar-refractivity contribution in [3.05, 3.63) is 0 Å². The van der Waals surface area contributed by atoms with E-state index < -0.39 is 402 Å². The van der Waals surface area contributed by atoms with Crippen molar-refractivity contribution in [1.82, 2.24) is 21.3 Å². The van der Waals surface area contributed by atoms with Crippen LogP contribution in [0.15, 0.2) is 0 Å². The molecule has 55 nitrogen and oxygen atoms in total. The number of carbonyl (C=O) groups is 5. The monoisotopic (exact) mass is 1850 g/mol. The SMILES string of the molecule is CC(=O)NC1C(O)[C@H](O[C@@H]2OC(CO[C@]3(OC=O)C[C@@H](O)[C@@H](C)C([C@@H](O)[C@H](O)CO)O3)[C@H](O)[C@H](O)C2O)[C@H](CO)O[C@H]1OC1[C@@H](OCC2O[C@@H](O[C@@H]3C(CO)O[C@@H](O[C@@H]4C(CO)O[C@@H](C)C(NC(C)=O)[C@H]4O)C(NC(C)=O)[C@H]3O)C(O)[C@@H](O[C@H]3OC(CO)[C@@H](O)C(O)C3O[C@@H]3OC(CO)[C@@H](O[C@@H]4OC5O[C@@H]5[C@H](O)C4O)[C@H](O)C3NC(C)=O)[C@@H]2O)OC(CO)[C@@H](O)[C@@H]1O. The molecule has 20 unspecified atom stereocenters. The first-order valence-corrected chi connectivity index (χ1v) is 40.9. The predicted octanol–water partition coefficient (Wildman–Crippen LogP) is -19.6. The maximum absolute atomic E-state index is 13.2. The summed E-state index contributed by atoms with van der Waals surface area (Å²) in [6.07, 6.45) is -90.4. The highest BCUT2D eigenvalue weighted by molar-refractivity contribution is 5.74. The lowest BCUT2D eigenvalue weighted by Gasteiger charge is -2.51. The fourth-order valence-corrected chi connectivity index (χ4v) is 16.9. The Morgan fingerprint density at radius 2 is 0.732 bits per heavy atom. The first kappa shape index (κ1) is 103. The number of carbonyl (C=O) groups excluding carboxylic acids is 5. The van der Waals surface area contributed by atoms with Crippen LogP contribution in [0.5, 0.6) is 0 Å². The molecule has 11 heterocycles. The van der Waals surface area contributed by atoms with Gasteiger partial charge >= 0.3 is 5.97 Å². The second kappa shape index (κ2) is 44.4. The molecular weight excluding hydrogens is 1740 g/mol. The third-order valence-corrected chi connectivity index (χ3v) is 23.8. The van der Waals surface area contributed by atoms with Crippen molar-refractivity contribution >= 4 is 30.1 Å². The van der Waals surface area contributed by atoms with Crippen molar-refractivity contribution in [3.63, 3.8) is 0 Å². The lowest BCUT2D eigenvalue weighted by molar-refractivity contribution is -0.424. The number of fused-ring (bicyclic) bond motifs is 1. The van der Waals surface area contributed by atoms with E-state index in [-0.39, 0.29) is 6.47 Å². The Morgan fingerprint density at radius 1 is 0.370 bits per heavy atom. The van der Waals surface area contributed by atoms with Gasteiger partial charge in [-0.2, -0.15) is 0 Å². The summed E-state index contributed by atoms with van der Waals surface area (Å²) in [6.45, 7) is -3.30. The summed E-state index contributed by atoms with van der Waals surface area (Å²) in [5.74, 6) is -7.15. The molecule has 11 rings (SSSR count). The van der Waals surface area contributed by atoms with E-state index in [0.717, 1.165) is 27.7 Å². The summed E-state index contributed by atoms with van der Waals surface area (Å²) in [7, 11) is 0. The molecule has 0 aliphatic carbocycles. The first-order valence-electron chi connectivity index (χ1n) is 40.9. The minimum Gasteiger partial charge on any atom is -0.410 e. The van der Waals surface area contributed by atoms with Gasteiger partial charge in [-0.05, 0) is 6.92 Å². The van der Waals surface area contributed by atoms with Crippen molar-refractivity contribution in [2.45, 2.75) is 354 Å². The van der Waals surface area contributed by atoms with Crippen molar-refractivity contribution < 1.29 is 251 Å². The molecule has 11 saturated heterocycles. The Labute approximate surface area is 720 Å². The minimum absolute atomic E-state index is 0.187. The average molecular weight is 1860 g/mol. The molecule has 127 heavy (non-hydrogen) atoms. The molecule has 0 bridgehead atoms. The molecule has 55 heteroatoms. The van der Waals surface area contributed by atoms with E-state index in [0.29, 0.717) is 0 Å². The second-order valence-electron chi connectivity index (χ2n) is 32.7. The van der Waals surface area contributed by atoms with Crippen molar-refractivity contribution in [2.24, 2.45) is 5.92 Å². The molecule has 11 fully saturated rings. The molecule has 51 atom stereocenters. The fourth-order valence-electron chi connectivity index (χ4n) is 16.9. The quantitative estimate of drug-likeness (QED) is 0.0159. The summed E-state index contributed by atoms with van der Waals surface area (Å²) in [5, 5.41) is 292. The van der Waals surface area contributed by atoms with E-state index in [1.165, 1.54) is 13.8 Å². The fraction of sp³-hybridized carbons (Fsp3) is 0.931. The van der Waals surface area contributed by atoms with Crippen molar-refractivity contribution in [3.8, 4) is 0 Å². The highest BCUT2D eigenvalue weighted by atomic mass is 16.9. The number of hydrogen-bond donors (Lipinski definition) is 29. The van der Waals surface area contributed by atoms with Gasteiger partial charge in [0.2, 0.25) is 23.6 Å². The first-order chi connectivity index (χ1) is 60.1. The van der Waals surface area contributed by atoms with Gasteiger partial charge in [-0.15, -0.1) is 0 Å². The molecule has 4 amide bonds. The molecule has 0 radical (unpaired) electrons. The zero-order chi connectivity index (χ0) is 93.1. The number of rotatable bonds is 35. The van der Waals surface area contributed by atoms with Gasteiger partial charge < -0.3 is 248 Å². The Hall–Kier alpha value is -4.45. The second-order valence-corrected chi connectivity index (χ2v) is 32.7. The number of aliphatic hydroxyl groups excluding tert-OH is 25. The van der Waals surface area contributed by atoms with E-state index >= 15 is 0 Å². The standard InChI is InChI=1S/C72H118N4O51/c1-18-24(89)7-72(109-17-84,127-54(18)38(91)25(90)8-77)108-16-33-41(94)47(100)51(104)66(117-33)119-56-29(12-81)114-64(36(45(56)98)75-22(5)87)123-60-48(101)39(92)26(9-78)111-69(60)107-15-32-42(95)59(53(106)68(116-32)121-58-31(14-83)113-63(35(44(58)97)74-21(4)86)118-55-28(11-80)110-19(2)34(43(55)96)73-20(3)85)122-70-61(49(102)40(93)27(10-79)112-70)124-65-37(76-23(6)88)46(99)57(30(13-82)115-65)120-67-52(105)50(103)62-71(125-62)126-67/h17-19,24-71,77-83,89-106H,7-16H2,1-6H3,(H,73,85)(H,74,86)(H,75,87)(H,76,88)/t18-,19+,24-,25-,26?,27?,28?,29+,30?,31?,32?,33?,34?,35?,36?,37?,38+,39-,40-,41+,42-,43-,44-,45?,46-,47+,48+,49?,50-,51?,52?,53?,54?,55-,56-,57-,58-,59+,60?,61?,62-,63+,64+,65+,66+,67-,68+,69+,70-,71?,72+/m1/s1. The lowest BCUT2D eigenvalue weighted by Crippen LogP contribution is -2.71. The van der Waals surface area contributed by atoms with Crippen LogP contribution in [0.4, 0.5) is 0 Å². The number of aliphatic hydroxyl groups is 25. The van der Waals surface area contributed by atoms with E-state index in [1.54, 1.807) is 0 Å². The van der Waals surface area contributed by atoms with Crippen LogP contribution in [0.3, 0.4) is 0 Å². The van der Waals surface area contributed by atoms with Crippen LogP contribution < -0.4 is 21.3 Å². The average Bonchev–Trinajstić information content (AvgIpc) is 1.04. The summed E-state index contributed by atoms with van der Waals surface area (Å²) in [6, 6.07) is -7.01. The molecule has 11 aliphatic heterocycles. The van der Waals surface area contributed by atoms with Gasteiger partial charge in [-0.1, -0.05) is 6.92 Å². The topological polar surface area (TPSA) is 836 Å². The Kier molecular flexibility index (Phi) is 36.0. The Bertz CT molecular complexity index is 3510. The van der Waals surface area contributed by atoms with Gasteiger partial charge in [-0.25, -0.2) is 0 Å². The number of hydrogen-bond acceptors (Lipinski definition) is 51. The van der Waals surface area contributed by atoms with E-state index in [1.807, 2.05) is 0 Å². The third kappa shape index (κ3) is 22.7.